The molecule has 122 valence electrons. The highest BCUT2D eigenvalue weighted by molar-refractivity contribution is 5.78. The lowest BCUT2D eigenvalue weighted by Crippen LogP contribution is -2.53. The minimum absolute atomic E-state index is 0.0842. The monoisotopic (exact) mass is 298 g/mol. The Kier molecular flexibility index (Phi) is 5.28. The maximum Gasteiger partial charge on any atom is 0.323 e. The highest BCUT2D eigenvalue weighted by Crippen LogP contribution is 2.27. The molecule has 1 saturated carbocycles. The lowest BCUT2D eigenvalue weighted by Gasteiger charge is -2.38. The molecular weight excluding hydrogens is 268 g/mol. The molecule has 0 aromatic heterocycles. The zero-order chi connectivity index (χ0) is 15.5. The second kappa shape index (κ2) is 6.63. The average Bonchev–Trinajstić information content (AvgIpc) is 3.20. The number of rotatable bonds is 8. The van der Waals surface area contributed by atoms with E-state index in [9.17, 15) is 9.90 Å². The van der Waals surface area contributed by atoms with Gasteiger partial charge in [0.05, 0.1) is 12.2 Å². The van der Waals surface area contributed by atoms with Crippen molar-refractivity contribution in [2.45, 2.75) is 70.1 Å². The number of morpholine rings is 1. The number of ether oxygens (including phenoxy) is 1. The van der Waals surface area contributed by atoms with Crippen LogP contribution in [-0.2, 0) is 9.53 Å². The summed E-state index contributed by atoms with van der Waals surface area (Å²) in [6.45, 7) is 9.80. The molecule has 0 amide bonds. The largest absolute Gasteiger partial charge is 0.480 e. The summed E-state index contributed by atoms with van der Waals surface area (Å²) < 4.78 is 5.71. The zero-order valence-electron chi connectivity index (χ0n) is 13.7. The van der Waals surface area contributed by atoms with Crippen molar-refractivity contribution in [3.63, 3.8) is 0 Å². The summed E-state index contributed by atoms with van der Waals surface area (Å²) in [4.78, 5) is 14.1. The van der Waals surface area contributed by atoms with Gasteiger partial charge in [0.15, 0.2) is 0 Å². The van der Waals surface area contributed by atoms with Gasteiger partial charge in [-0.25, -0.2) is 0 Å². The minimum Gasteiger partial charge on any atom is -0.480 e. The number of carboxylic acids is 1. The van der Waals surface area contributed by atoms with Gasteiger partial charge in [-0.2, -0.15) is 0 Å². The summed E-state index contributed by atoms with van der Waals surface area (Å²) in [7, 11) is 0. The number of hydrogen-bond donors (Lipinski definition) is 2. The van der Waals surface area contributed by atoms with Gasteiger partial charge < -0.3 is 9.84 Å². The maximum absolute atomic E-state index is 11.7. The van der Waals surface area contributed by atoms with Gasteiger partial charge in [0.25, 0.3) is 0 Å². The van der Waals surface area contributed by atoms with E-state index in [0.29, 0.717) is 18.9 Å². The van der Waals surface area contributed by atoms with Crippen LogP contribution in [0.25, 0.3) is 0 Å². The average molecular weight is 298 g/mol. The minimum atomic E-state index is -0.733. The van der Waals surface area contributed by atoms with Crippen LogP contribution in [0.2, 0.25) is 0 Å². The SMILES string of the molecule is CCC(CCCN1CCOC(C)(C)C1)(NC1CC1)C(=O)O. The summed E-state index contributed by atoms with van der Waals surface area (Å²) in [5.74, 6) is -0.695. The molecule has 21 heavy (non-hydrogen) atoms. The smallest absolute Gasteiger partial charge is 0.323 e. The number of carbonyl (C=O) groups is 1. The van der Waals surface area contributed by atoms with Gasteiger partial charge in [0.1, 0.15) is 5.54 Å². The van der Waals surface area contributed by atoms with E-state index < -0.39 is 11.5 Å². The van der Waals surface area contributed by atoms with E-state index >= 15 is 0 Å². The molecule has 1 aliphatic heterocycles. The molecule has 1 heterocycles. The Bertz CT molecular complexity index is 369. The Labute approximate surface area is 128 Å². The fourth-order valence-corrected chi connectivity index (χ4v) is 3.20. The summed E-state index contributed by atoms with van der Waals surface area (Å²) in [6.07, 6.45) is 4.50. The molecule has 2 aliphatic rings. The molecule has 0 aromatic rings. The van der Waals surface area contributed by atoms with Gasteiger partial charge in [-0.1, -0.05) is 6.92 Å². The summed E-state index contributed by atoms with van der Waals surface area (Å²) >= 11 is 0. The summed E-state index contributed by atoms with van der Waals surface area (Å²) in [6, 6.07) is 0.420. The molecule has 0 radical (unpaired) electrons. The van der Waals surface area contributed by atoms with Gasteiger partial charge >= 0.3 is 5.97 Å². The first-order chi connectivity index (χ1) is 9.87. The molecule has 0 spiro atoms. The summed E-state index contributed by atoms with van der Waals surface area (Å²) in [5.41, 5.74) is -0.817. The molecule has 1 aliphatic carbocycles. The van der Waals surface area contributed by atoms with Crippen molar-refractivity contribution in [3.05, 3.63) is 0 Å². The van der Waals surface area contributed by atoms with Gasteiger partial charge in [-0.3, -0.25) is 15.0 Å². The highest BCUT2D eigenvalue weighted by atomic mass is 16.5. The van der Waals surface area contributed by atoms with Crippen LogP contribution in [-0.4, -0.2) is 59.4 Å². The van der Waals surface area contributed by atoms with Gasteiger partial charge in [-0.15, -0.1) is 0 Å². The molecule has 5 nitrogen and oxygen atoms in total. The van der Waals surface area contributed by atoms with E-state index in [0.717, 1.165) is 45.5 Å². The lowest BCUT2D eigenvalue weighted by atomic mass is 9.90. The van der Waals surface area contributed by atoms with Crippen molar-refractivity contribution >= 4 is 5.97 Å². The molecule has 1 saturated heterocycles. The topological polar surface area (TPSA) is 61.8 Å². The van der Waals surface area contributed by atoms with Gasteiger partial charge in [-0.05, 0) is 52.5 Å². The first-order valence-electron chi connectivity index (χ1n) is 8.24. The quantitative estimate of drug-likeness (QED) is 0.716. The maximum atomic E-state index is 11.7. The molecule has 2 N–H and O–H groups in total. The third-order valence-corrected chi connectivity index (χ3v) is 4.65. The number of hydrogen-bond acceptors (Lipinski definition) is 4. The van der Waals surface area contributed by atoms with Crippen molar-refractivity contribution in [2.75, 3.05) is 26.2 Å². The third kappa shape index (κ3) is 4.66. The molecule has 2 fully saturated rings. The van der Waals surface area contributed by atoms with E-state index in [-0.39, 0.29) is 5.60 Å². The fraction of sp³-hybridized carbons (Fsp3) is 0.938. The molecule has 0 aromatic carbocycles. The van der Waals surface area contributed by atoms with Crippen LogP contribution in [0.1, 0.15) is 52.9 Å². The van der Waals surface area contributed by atoms with Crippen LogP contribution < -0.4 is 5.32 Å². The molecule has 1 unspecified atom stereocenters. The standard InChI is InChI=1S/C16H30N2O3/c1-4-16(14(19)20,17-13-6-7-13)8-5-9-18-10-11-21-15(2,3)12-18/h13,17H,4-12H2,1-3H3,(H,19,20). The molecule has 2 rings (SSSR count). The Morgan fingerprint density at radius 1 is 1.48 bits per heavy atom. The van der Waals surface area contributed by atoms with Crippen LogP contribution in [0.3, 0.4) is 0 Å². The number of carboxylic acid groups (broad SMARTS) is 1. The first-order valence-corrected chi connectivity index (χ1v) is 8.24. The number of aliphatic carboxylic acids is 1. The van der Waals surface area contributed by atoms with Crippen LogP contribution in [0, 0.1) is 0 Å². The van der Waals surface area contributed by atoms with Crippen molar-refractivity contribution in [1.29, 1.82) is 0 Å². The van der Waals surface area contributed by atoms with Crippen molar-refractivity contribution in [3.8, 4) is 0 Å². The van der Waals surface area contributed by atoms with E-state index in [1.165, 1.54) is 0 Å². The lowest BCUT2D eigenvalue weighted by molar-refractivity contribution is -0.145. The first kappa shape index (κ1) is 16.7. The van der Waals surface area contributed by atoms with Crippen LogP contribution in [0.5, 0.6) is 0 Å². The van der Waals surface area contributed by atoms with E-state index in [1.54, 1.807) is 0 Å². The Morgan fingerprint density at radius 2 is 2.19 bits per heavy atom. The van der Waals surface area contributed by atoms with Crippen molar-refractivity contribution < 1.29 is 14.6 Å². The summed E-state index contributed by atoms with van der Waals surface area (Å²) in [5, 5.41) is 13.0. The van der Waals surface area contributed by atoms with E-state index in [2.05, 4.69) is 24.1 Å². The van der Waals surface area contributed by atoms with E-state index in [4.69, 9.17) is 4.74 Å². The van der Waals surface area contributed by atoms with Crippen LogP contribution in [0.15, 0.2) is 0 Å². The van der Waals surface area contributed by atoms with Crippen LogP contribution >= 0.6 is 0 Å². The fourth-order valence-electron chi connectivity index (χ4n) is 3.20. The van der Waals surface area contributed by atoms with Gasteiger partial charge in [0, 0.05) is 19.1 Å². The number of nitrogens with zero attached hydrogens (tertiary/aromatic N) is 1. The Hall–Kier alpha value is -0.650. The Balaban J connectivity index is 1.82. The second-order valence-corrected chi connectivity index (χ2v) is 7.15. The van der Waals surface area contributed by atoms with E-state index in [1.807, 2.05) is 6.92 Å². The van der Waals surface area contributed by atoms with Crippen LogP contribution in [0.4, 0.5) is 0 Å². The Morgan fingerprint density at radius 3 is 2.71 bits per heavy atom. The molecule has 0 bridgehead atoms. The zero-order valence-corrected chi connectivity index (χ0v) is 13.7. The number of nitrogens with one attached hydrogen (secondary N) is 1. The third-order valence-electron chi connectivity index (χ3n) is 4.65. The molecule has 5 heteroatoms. The van der Waals surface area contributed by atoms with Gasteiger partial charge in [0.2, 0.25) is 0 Å². The molecular formula is C16H30N2O3. The predicted molar refractivity (Wildman–Crippen MR) is 82.5 cm³/mol. The predicted octanol–water partition coefficient (Wildman–Crippen LogP) is 1.86. The normalized spacial score (nSPS) is 25.5. The van der Waals surface area contributed by atoms with Crippen molar-refractivity contribution in [1.82, 2.24) is 10.2 Å². The highest BCUT2D eigenvalue weighted by Gasteiger charge is 2.40. The van der Waals surface area contributed by atoms with Crippen molar-refractivity contribution in [2.24, 2.45) is 0 Å². The molecule has 1 atom stereocenters. The second-order valence-electron chi connectivity index (χ2n) is 7.15.